The summed E-state index contributed by atoms with van der Waals surface area (Å²) in [6.07, 6.45) is 2.69. The van der Waals surface area contributed by atoms with Gasteiger partial charge in [0.2, 0.25) is 0 Å². The van der Waals surface area contributed by atoms with E-state index < -0.39 is 0 Å². The summed E-state index contributed by atoms with van der Waals surface area (Å²) >= 11 is 3.35. The topological polar surface area (TPSA) is 26.3 Å². The predicted molar refractivity (Wildman–Crippen MR) is 159 cm³/mol. The second-order valence-electron chi connectivity index (χ2n) is 9.34. The van der Waals surface area contributed by atoms with Crippen molar-refractivity contribution in [1.29, 1.82) is 0 Å². The monoisotopic (exact) mass is 590 g/mol. The summed E-state index contributed by atoms with van der Waals surface area (Å²) in [5, 5.41) is 0.771. The van der Waals surface area contributed by atoms with Crippen LogP contribution in [0, 0.1) is 39.3 Å². The first-order valence-corrected chi connectivity index (χ1v) is 13.9. The summed E-state index contributed by atoms with van der Waals surface area (Å²) in [5.74, 6) is -0.820. The highest BCUT2D eigenvalue weighted by Gasteiger charge is 2.17. The minimum Gasteiger partial charge on any atom is -0.500 e. The standard InChI is InChI=1S/C18H18BrFO.C16H15FO/c1-13-5-3-4-6-16(13)18(12-21-10-9-19)17-8-7-15(20)11-14(17)2;1-11-5-3-4-6-14(11)16(10-18)15-8-7-13(17)9-12(15)2/h3-8,11-12H,9-10H2,1-2H3;3-10,16H,1-2H3. The van der Waals surface area contributed by atoms with Crippen molar-refractivity contribution in [2.75, 3.05) is 11.9 Å². The molecule has 0 aromatic heterocycles. The molecule has 4 rings (SSSR count). The molecule has 0 saturated heterocycles. The van der Waals surface area contributed by atoms with E-state index in [0.717, 1.165) is 61.7 Å². The van der Waals surface area contributed by atoms with E-state index in [4.69, 9.17) is 4.74 Å². The second-order valence-corrected chi connectivity index (χ2v) is 10.1. The number of carbonyl (C=O) groups is 1. The van der Waals surface area contributed by atoms with Crippen LogP contribution >= 0.6 is 15.9 Å². The van der Waals surface area contributed by atoms with Crippen molar-refractivity contribution < 1.29 is 18.3 Å². The molecule has 2 nitrogen and oxygen atoms in total. The molecule has 1 atom stereocenters. The lowest BCUT2D eigenvalue weighted by atomic mass is 9.87. The van der Waals surface area contributed by atoms with Crippen molar-refractivity contribution in [3.63, 3.8) is 0 Å². The highest BCUT2D eigenvalue weighted by Crippen LogP contribution is 2.30. The Balaban J connectivity index is 0.000000218. The fraction of sp³-hybridized carbons (Fsp3) is 0.206. The van der Waals surface area contributed by atoms with Gasteiger partial charge in [-0.05, 0) is 96.5 Å². The molecule has 0 heterocycles. The normalized spacial score (nSPS) is 11.8. The number of ether oxygens (including phenoxy) is 1. The Labute approximate surface area is 238 Å². The Morgan fingerprint density at radius 2 is 1.31 bits per heavy atom. The van der Waals surface area contributed by atoms with Crippen molar-refractivity contribution in [1.82, 2.24) is 0 Å². The second kappa shape index (κ2) is 14.5. The van der Waals surface area contributed by atoms with Gasteiger partial charge >= 0.3 is 0 Å². The molecule has 0 bridgehead atoms. The molecule has 1 unspecified atom stereocenters. The predicted octanol–water partition coefficient (Wildman–Crippen LogP) is 9.02. The van der Waals surface area contributed by atoms with Gasteiger partial charge in [-0.1, -0.05) is 76.6 Å². The number of aryl methyl sites for hydroxylation is 4. The van der Waals surface area contributed by atoms with E-state index in [0.29, 0.717) is 6.61 Å². The molecule has 0 saturated carbocycles. The van der Waals surface area contributed by atoms with Crippen LogP contribution in [-0.4, -0.2) is 18.2 Å². The van der Waals surface area contributed by atoms with Crippen LogP contribution in [0.3, 0.4) is 0 Å². The fourth-order valence-corrected chi connectivity index (χ4v) is 4.69. The van der Waals surface area contributed by atoms with E-state index in [1.165, 1.54) is 18.2 Å². The molecule has 0 aliphatic rings. The third-order valence-corrected chi connectivity index (χ3v) is 6.86. The fourth-order valence-electron chi connectivity index (χ4n) is 4.50. The van der Waals surface area contributed by atoms with Crippen LogP contribution in [0.4, 0.5) is 8.78 Å². The van der Waals surface area contributed by atoms with Gasteiger partial charge in [-0.25, -0.2) is 8.78 Å². The van der Waals surface area contributed by atoms with Gasteiger partial charge in [0.25, 0.3) is 0 Å². The SMILES string of the molecule is Cc1ccccc1C(=COCCBr)c1ccc(F)cc1C.Cc1ccccc1C(C=O)c1ccc(F)cc1C. The van der Waals surface area contributed by atoms with Crippen LogP contribution in [0.15, 0.2) is 91.2 Å². The minimum atomic E-state index is -0.327. The Morgan fingerprint density at radius 1 is 0.744 bits per heavy atom. The molecule has 0 N–H and O–H groups in total. The quantitative estimate of drug-likeness (QED) is 0.0885. The molecule has 39 heavy (non-hydrogen) atoms. The third kappa shape index (κ3) is 7.96. The van der Waals surface area contributed by atoms with Gasteiger partial charge in [-0.2, -0.15) is 0 Å². The lowest BCUT2D eigenvalue weighted by Crippen LogP contribution is -2.06. The average molecular weight is 592 g/mol. The Hall–Kier alpha value is -3.57. The molecule has 4 aromatic carbocycles. The van der Waals surface area contributed by atoms with E-state index in [2.05, 4.69) is 35.0 Å². The van der Waals surface area contributed by atoms with E-state index in [1.54, 1.807) is 24.5 Å². The van der Waals surface area contributed by atoms with Crippen molar-refractivity contribution >= 4 is 27.8 Å². The molecule has 0 aliphatic carbocycles. The van der Waals surface area contributed by atoms with Crippen molar-refractivity contribution in [3.8, 4) is 0 Å². The zero-order valence-corrected chi connectivity index (χ0v) is 24.3. The number of carbonyl (C=O) groups excluding carboxylic acids is 1. The van der Waals surface area contributed by atoms with Crippen molar-refractivity contribution in [2.45, 2.75) is 33.6 Å². The summed E-state index contributed by atoms with van der Waals surface area (Å²) in [6.45, 7) is 8.37. The van der Waals surface area contributed by atoms with Gasteiger partial charge in [-0.3, -0.25) is 0 Å². The van der Waals surface area contributed by atoms with E-state index >= 15 is 0 Å². The molecular formula is C34H33BrF2O2. The van der Waals surface area contributed by atoms with Gasteiger partial charge in [0, 0.05) is 10.9 Å². The smallest absolute Gasteiger partial charge is 0.131 e. The van der Waals surface area contributed by atoms with Crippen molar-refractivity contribution in [2.24, 2.45) is 0 Å². The largest absolute Gasteiger partial charge is 0.500 e. The molecule has 0 fully saturated rings. The number of hydrogen-bond acceptors (Lipinski definition) is 2. The Morgan fingerprint density at radius 3 is 1.90 bits per heavy atom. The highest BCUT2D eigenvalue weighted by molar-refractivity contribution is 9.09. The zero-order valence-electron chi connectivity index (χ0n) is 22.7. The van der Waals surface area contributed by atoms with Gasteiger partial charge in [-0.15, -0.1) is 0 Å². The van der Waals surface area contributed by atoms with Gasteiger partial charge in [0.1, 0.15) is 17.9 Å². The van der Waals surface area contributed by atoms with E-state index in [1.807, 2.05) is 57.2 Å². The number of halogens is 3. The lowest BCUT2D eigenvalue weighted by Gasteiger charge is -2.16. The molecule has 0 spiro atoms. The highest BCUT2D eigenvalue weighted by atomic mass is 79.9. The van der Waals surface area contributed by atoms with Crippen LogP contribution in [0.2, 0.25) is 0 Å². The maximum Gasteiger partial charge on any atom is 0.131 e. The van der Waals surface area contributed by atoms with Gasteiger partial charge in [0.15, 0.2) is 0 Å². The van der Waals surface area contributed by atoms with Crippen molar-refractivity contribution in [3.05, 3.63) is 147 Å². The maximum absolute atomic E-state index is 13.3. The number of benzene rings is 4. The molecule has 202 valence electrons. The molecular weight excluding hydrogens is 558 g/mol. The molecule has 0 amide bonds. The van der Waals surface area contributed by atoms with Gasteiger partial charge < -0.3 is 9.53 Å². The Kier molecular flexibility index (Phi) is 11.2. The summed E-state index contributed by atoms with van der Waals surface area (Å²) in [6, 6.07) is 25.3. The maximum atomic E-state index is 13.3. The van der Waals surface area contributed by atoms with Crippen LogP contribution in [0.5, 0.6) is 0 Å². The van der Waals surface area contributed by atoms with E-state index in [9.17, 15) is 13.6 Å². The van der Waals surface area contributed by atoms with E-state index in [-0.39, 0.29) is 17.6 Å². The molecule has 0 aliphatic heterocycles. The molecule has 4 aromatic rings. The first-order valence-electron chi connectivity index (χ1n) is 12.7. The van der Waals surface area contributed by atoms with Crippen LogP contribution in [-0.2, 0) is 9.53 Å². The zero-order chi connectivity index (χ0) is 28.4. The van der Waals surface area contributed by atoms with Gasteiger partial charge in [0.05, 0.1) is 18.8 Å². The third-order valence-electron chi connectivity index (χ3n) is 6.54. The first kappa shape index (κ1) is 30.0. The summed E-state index contributed by atoms with van der Waals surface area (Å²) < 4.78 is 32.0. The van der Waals surface area contributed by atoms with Crippen LogP contribution < -0.4 is 0 Å². The van der Waals surface area contributed by atoms with Crippen LogP contribution in [0.25, 0.3) is 5.57 Å². The lowest BCUT2D eigenvalue weighted by molar-refractivity contribution is -0.108. The number of hydrogen-bond donors (Lipinski definition) is 0. The first-order chi connectivity index (χ1) is 18.8. The summed E-state index contributed by atoms with van der Waals surface area (Å²) in [4.78, 5) is 11.4. The average Bonchev–Trinajstić information content (AvgIpc) is 2.91. The number of aldehydes is 1. The summed E-state index contributed by atoms with van der Waals surface area (Å²) in [7, 11) is 0. The van der Waals surface area contributed by atoms with Crippen LogP contribution in [0.1, 0.15) is 50.4 Å². The Bertz CT molecular complexity index is 1450. The number of rotatable bonds is 8. The number of alkyl halides is 1. The minimum absolute atomic E-state index is 0.221. The molecule has 0 radical (unpaired) electrons. The molecule has 5 heteroatoms. The summed E-state index contributed by atoms with van der Waals surface area (Å²) in [5.41, 5.74) is 8.83.